The van der Waals surface area contributed by atoms with Crippen LogP contribution in [0.5, 0.6) is 0 Å². The van der Waals surface area contributed by atoms with Gasteiger partial charge in [-0.3, -0.25) is 0 Å². The Balaban J connectivity index is 0.00000184. The van der Waals surface area contributed by atoms with Crippen molar-refractivity contribution < 1.29 is 13.2 Å². The van der Waals surface area contributed by atoms with Gasteiger partial charge < -0.3 is 5.32 Å². The molecule has 29 heavy (non-hydrogen) atoms. The second-order valence-electron chi connectivity index (χ2n) is 6.26. The van der Waals surface area contributed by atoms with Crippen molar-refractivity contribution in [3.63, 3.8) is 0 Å². The van der Waals surface area contributed by atoms with Gasteiger partial charge in [0.15, 0.2) is 0 Å². The number of halogens is 3. The lowest BCUT2D eigenvalue weighted by molar-refractivity contribution is -0.137. The molecule has 0 heterocycles. The van der Waals surface area contributed by atoms with Gasteiger partial charge in [-0.1, -0.05) is 76.7 Å². The predicted molar refractivity (Wildman–Crippen MR) is 120 cm³/mol. The average Bonchev–Trinajstić information content (AvgIpc) is 2.73. The summed E-state index contributed by atoms with van der Waals surface area (Å²) >= 11 is 0. The topological polar surface area (TPSA) is 12.0 Å². The van der Waals surface area contributed by atoms with E-state index < -0.39 is 11.7 Å². The molecule has 0 aromatic heterocycles. The summed E-state index contributed by atoms with van der Waals surface area (Å²) in [5, 5.41) is 3.45. The van der Waals surface area contributed by atoms with Crippen molar-refractivity contribution >= 4 is 6.08 Å². The van der Waals surface area contributed by atoms with Crippen LogP contribution in [0.15, 0.2) is 49.0 Å². The molecule has 2 aromatic carbocycles. The highest BCUT2D eigenvalue weighted by Crippen LogP contribution is 2.29. The molecule has 162 valence electrons. The highest BCUT2D eigenvalue weighted by molar-refractivity contribution is 5.57. The lowest BCUT2D eigenvalue weighted by Gasteiger charge is -2.18. The summed E-state index contributed by atoms with van der Waals surface area (Å²) in [6.45, 7) is 16.8. The summed E-state index contributed by atoms with van der Waals surface area (Å²) in [5.74, 6) is 0. The van der Waals surface area contributed by atoms with Gasteiger partial charge in [-0.15, -0.1) is 0 Å². The van der Waals surface area contributed by atoms with Gasteiger partial charge in [-0.05, 0) is 61.6 Å². The maximum atomic E-state index is 12.7. The third kappa shape index (κ3) is 8.86. The minimum absolute atomic E-state index is 0.161. The van der Waals surface area contributed by atoms with E-state index in [-0.39, 0.29) is 6.04 Å². The highest BCUT2D eigenvalue weighted by Gasteiger charge is 2.30. The summed E-state index contributed by atoms with van der Waals surface area (Å²) in [6.07, 6.45) is -1.02. The fourth-order valence-electron chi connectivity index (χ4n) is 2.98. The lowest BCUT2D eigenvalue weighted by atomic mass is 9.97. The second-order valence-corrected chi connectivity index (χ2v) is 6.26. The van der Waals surface area contributed by atoms with Crippen molar-refractivity contribution in [3.05, 3.63) is 76.9 Å². The minimum atomic E-state index is -4.28. The van der Waals surface area contributed by atoms with Crippen molar-refractivity contribution in [2.45, 2.75) is 66.6 Å². The first-order chi connectivity index (χ1) is 13.8. The molecule has 1 unspecified atom stereocenters. The third-order valence-corrected chi connectivity index (χ3v) is 4.38. The van der Waals surface area contributed by atoms with Crippen molar-refractivity contribution in [1.29, 1.82) is 0 Å². The maximum absolute atomic E-state index is 12.7. The lowest BCUT2D eigenvalue weighted by Crippen LogP contribution is -2.21. The Morgan fingerprint density at radius 3 is 2.24 bits per heavy atom. The van der Waals surface area contributed by atoms with Gasteiger partial charge in [0.1, 0.15) is 0 Å². The Labute approximate surface area is 175 Å². The van der Waals surface area contributed by atoms with Gasteiger partial charge in [-0.2, -0.15) is 13.2 Å². The van der Waals surface area contributed by atoms with Crippen LogP contribution < -0.4 is 5.32 Å². The molecule has 1 atom stereocenters. The first kappa shape index (κ1) is 26.9. The molecule has 2 rings (SSSR count). The van der Waals surface area contributed by atoms with E-state index in [1.54, 1.807) is 6.07 Å². The van der Waals surface area contributed by atoms with E-state index in [9.17, 15) is 13.2 Å². The largest absolute Gasteiger partial charge is 0.416 e. The van der Waals surface area contributed by atoms with Crippen molar-refractivity contribution in [1.82, 2.24) is 5.32 Å². The van der Waals surface area contributed by atoms with Crippen LogP contribution in [0.25, 0.3) is 6.08 Å². The molecule has 0 amide bonds. The monoisotopic (exact) mass is 407 g/mol. The van der Waals surface area contributed by atoms with Gasteiger partial charge >= 0.3 is 6.18 Å². The van der Waals surface area contributed by atoms with Gasteiger partial charge in [0.2, 0.25) is 0 Å². The van der Waals surface area contributed by atoms with Gasteiger partial charge in [0.05, 0.1) is 5.56 Å². The number of nitrogens with one attached hydrogen (secondary N) is 1. The predicted octanol–water partition coefficient (Wildman–Crippen LogP) is 7.99. The van der Waals surface area contributed by atoms with E-state index in [0.717, 1.165) is 24.6 Å². The zero-order valence-corrected chi connectivity index (χ0v) is 18.7. The van der Waals surface area contributed by atoms with Crippen molar-refractivity contribution in [3.8, 4) is 0 Å². The van der Waals surface area contributed by atoms with Crippen LogP contribution in [0.3, 0.4) is 0 Å². The Morgan fingerprint density at radius 1 is 1.03 bits per heavy atom. The standard InChI is InChI=1S/C21H24F3N.2C2H6/c1-4-19-15(2)8-5-12-20(19)16(3)25-13-7-10-17-9-6-11-18(14-17)21(22,23)24;2*1-2/h4-6,8-9,11-12,14,16,25H,1,7,10,13H2,2-3H3;2*1-2H3. The number of alkyl halides is 3. The smallest absolute Gasteiger partial charge is 0.310 e. The van der Waals surface area contributed by atoms with Crippen LogP contribution >= 0.6 is 0 Å². The summed E-state index contributed by atoms with van der Waals surface area (Å²) in [4.78, 5) is 0. The van der Waals surface area contributed by atoms with Crippen LogP contribution in [0.2, 0.25) is 0 Å². The Kier molecular flexibility index (Phi) is 13.0. The molecule has 0 saturated carbocycles. The molecule has 0 aliphatic carbocycles. The van der Waals surface area contributed by atoms with E-state index in [1.807, 2.05) is 39.8 Å². The quantitative estimate of drug-likeness (QED) is 0.459. The molecule has 1 nitrogen and oxygen atoms in total. The zero-order chi connectivity index (χ0) is 22.4. The number of hydrogen-bond acceptors (Lipinski definition) is 1. The van der Waals surface area contributed by atoms with Crippen LogP contribution in [-0.2, 0) is 12.6 Å². The summed E-state index contributed by atoms with van der Waals surface area (Å²) in [5.41, 5.74) is 3.65. The van der Waals surface area contributed by atoms with E-state index in [1.165, 1.54) is 23.3 Å². The van der Waals surface area contributed by atoms with Crippen molar-refractivity contribution in [2.75, 3.05) is 6.54 Å². The fourth-order valence-corrected chi connectivity index (χ4v) is 2.98. The molecule has 4 heteroatoms. The minimum Gasteiger partial charge on any atom is -0.310 e. The second kappa shape index (κ2) is 14.0. The van der Waals surface area contributed by atoms with Gasteiger partial charge in [0.25, 0.3) is 0 Å². The highest BCUT2D eigenvalue weighted by atomic mass is 19.4. The average molecular weight is 408 g/mol. The van der Waals surface area contributed by atoms with Crippen molar-refractivity contribution in [2.24, 2.45) is 0 Å². The molecule has 0 aliphatic heterocycles. The van der Waals surface area contributed by atoms with E-state index >= 15 is 0 Å². The first-order valence-corrected chi connectivity index (χ1v) is 10.4. The Bertz CT molecular complexity index is 720. The SMILES string of the molecule is C=Cc1c(C)cccc1C(C)NCCCc1cccc(C(F)(F)F)c1.CC.CC. The van der Waals surface area contributed by atoms with Crippen LogP contribution in [0.4, 0.5) is 13.2 Å². The number of rotatable bonds is 7. The van der Waals surface area contributed by atoms with Gasteiger partial charge in [0, 0.05) is 6.04 Å². The van der Waals surface area contributed by atoms with Crippen LogP contribution in [0, 0.1) is 6.92 Å². The number of aryl methyl sites for hydroxylation is 2. The molecular weight excluding hydrogens is 371 g/mol. The molecule has 0 fully saturated rings. The van der Waals surface area contributed by atoms with E-state index in [0.29, 0.717) is 12.0 Å². The third-order valence-electron chi connectivity index (χ3n) is 4.38. The Hall–Kier alpha value is -2.07. The molecular formula is C25H36F3N. The normalized spacial score (nSPS) is 11.5. The molecule has 0 aliphatic rings. The molecule has 1 N–H and O–H groups in total. The zero-order valence-electron chi connectivity index (χ0n) is 18.7. The summed E-state index contributed by atoms with van der Waals surface area (Å²) in [6, 6.07) is 11.9. The van der Waals surface area contributed by atoms with Gasteiger partial charge in [-0.25, -0.2) is 0 Å². The molecule has 0 bridgehead atoms. The van der Waals surface area contributed by atoms with Crippen LogP contribution in [0.1, 0.15) is 74.9 Å². The molecule has 2 aromatic rings. The van der Waals surface area contributed by atoms with E-state index in [2.05, 4.69) is 37.9 Å². The summed E-state index contributed by atoms with van der Waals surface area (Å²) < 4.78 is 38.2. The molecule has 0 radical (unpaired) electrons. The fraction of sp³-hybridized carbons (Fsp3) is 0.440. The molecule has 0 spiro atoms. The Morgan fingerprint density at radius 2 is 1.66 bits per heavy atom. The maximum Gasteiger partial charge on any atom is 0.416 e. The van der Waals surface area contributed by atoms with E-state index in [4.69, 9.17) is 0 Å². The summed E-state index contributed by atoms with van der Waals surface area (Å²) in [7, 11) is 0. The number of benzene rings is 2. The molecule has 0 saturated heterocycles. The first-order valence-electron chi connectivity index (χ1n) is 10.4. The van der Waals surface area contributed by atoms with Crippen LogP contribution in [-0.4, -0.2) is 6.54 Å². The number of hydrogen-bond donors (Lipinski definition) is 1.